The Labute approximate surface area is 259 Å². The van der Waals surface area contributed by atoms with Crippen molar-refractivity contribution < 1.29 is 0 Å². The summed E-state index contributed by atoms with van der Waals surface area (Å²) in [4.78, 5) is 0. The van der Waals surface area contributed by atoms with Crippen LogP contribution in [-0.2, 0) is 6.42 Å². The minimum Gasteiger partial charge on any atom is -0.192 e. The van der Waals surface area contributed by atoms with Crippen molar-refractivity contribution in [2.75, 3.05) is 0 Å². The van der Waals surface area contributed by atoms with E-state index in [-0.39, 0.29) is 0 Å². The second kappa shape index (κ2) is 14.1. The van der Waals surface area contributed by atoms with Gasteiger partial charge in [-0.05, 0) is 145 Å². The normalized spacial score (nSPS) is 22.0. The van der Waals surface area contributed by atoms with E-state index in [9.17, 15) is 0 Å². The van der Waals surface area contributed by atoms with E-state index in [4.69, 9.17) is 5.26 Å². The summed E-state index contributed by atoms with van der Waals surface area (Å²) in [5.74, 6) is 3.11. The Morgan fingerprint density at radius 2 is 0.977 bits per heavy atom. The molecule has 43 heavy (non-hydrogen) atoms. The van der Waals surface area contributed by atoms with Crippen LogP contribution >= 0.6 is 0 Å². The molecule has 4 aromatic rings. The lowest BCUT2D eigenvalue weighted by molar-refractivity contribution is 0.310. The Morgan fingerprint density at radius 1 is 0.558 bits per heavy atom. The average Bonchev–Trinajstić information content (AvgIpc) is 3.09. The molecule has 0 amide bonds. The second-order valence-corrected chi connectivity index (χ2v) is 13.1. The molecule has 0 radical (unpaired) electrons. The van der Waals surface area contributed by atoms with Crippen LogP contribution in [0, 0.1) is 23.2 Å². The molecule has 1 nitrogen and oxygen atoms in total. The molecule has 0 unspecified atom stereocenters. The zero-order chi connectivity index (χ0) is 29.4. The highest BCUT2D eigenvalue weighted by molar-refractivity contribution is 5.65. The summed E-state index contributed by atoms with van der Waals surface area (Å²) in [5.41, 5.74) is 10.2. The molecular weight excluding hydrogens is 518 g/mol. The maximum Gasteiger partial charge on any atom is 0.0991 e. The van der Waals surface area contributed by atoms with Crippen molar-refractivity contribution in [2.45, 2.75) is 82.5 Å². The standard InChI is InChI=1S/C42H45N/c1-2-3-31-6-14-35(15-7-31)39-22-24-40(25-23-39)36-16-8-32(9-17-36)4-5-33-10-18-37(19-11-33)41-26-28-42(29-27-41)38-20-12-34(30-43)13-21-38/h2,8-9,12-13,16-17,20-29,31,33,35,37H,1,3-7,10-11,14-15,18-19H2/t31-,33-,35-,37-. The molecule has 1 heteroatoms. The summed E-state index contributed by atoms with van der Waals surface area (Å²) in [6.45, 7) is 3.93. The highest BCUT2D eigenvalue weighted by Gasteiger charge is 2.23. The van der Waals surface area contributed by atoms with Crippen LogP contribution in [0.4, 0.5) is 0 Å². The minimum atomic E-state index is 0.684. The van der Waals surface area contributed by atoms with E-state index in [1.165, 1.54) is 110 Å². The van der Waals surface area contributed by atoms with Crippen molar-refractivity contribution in [3.63, 3.8) is 0 Å². The van der Waals surface area contributed by atoms with Crippen LogP contribution < -0.4 is 0 Å². The number of hydrogen-bond acceptors (Lipinski definition) is 1. The van der Waals surface area contributed by atoms with Gasteiger partial charge in [0, 0.05) is 0 Å². The molecule has 0 N–H and O–H groups in total. The van der Waals surface area contributed by atoms with E-state index in [2.05, 4.69) is 91.5 Å². The SMILES string of the molecule is C=CC[C@H]1CC[C@H](c2ccc(-c3ccc(CC[C@H]4CC[C@H](c5ccc(-c6ccc(C#N)cc6)cc5)CC4)cc3)cc2)CC1. The highest BCUT2D eigenvalue weighted by Crippen LogP contribution is 2.39. The lowest BCUT2D eigenvalue weighted by Gasteiger charge is -2.29. The van der Waals surface area contributed by atoms with Crippen molar-refractivity contribution >= 4 is 0 Å². The first-order valence-corrected chi connectivity index (χ1v) is 16.6. The van der Waals surface area contributed by atoms with Gasteiger partial charge in [-0.1, -0.05) is 91.0 Å². The molecule has 2 saturated carbocycles. The van der Waals surface area contributed by atoms with Gasteiger partial charge in [0.1, 0.15) is 0 Å². The van der Waals surface area contributed by atoms with Gasteiger partial charge in [-0.25, -0.2) is 0 Å². The molecule has 0 aliphatic heterocycles. The molecule has 0 bridgehead atoms. The Kier molecular flexibility index (Phi) is 9.54. The van der Waals surface area contributed by atoms with E-state index in [1.807, 2.05) is 24.3 Å². The minimum absolute atomic E-state index is 0.684. The first kappa shape index (κ1) is 29.2. The smallest absolute Gasteiger partial charge is 0.0991 e. The van der Waals surface area contributed by atoms with Crippen LogP contribution in [0.1, 0.15) is 98.3 Å². The zero-order valence-corrected chi connectivity index (χ0v) is 25.6. The zero-order valence-electron chi connectivity index (χ0n) is 25.6. The van der Waals surface area contributed by atoms with Gasteiger partial charge in [-0.2, -0.15) is 5.26 Å². The van der Waals surface area contributed by atoms with E-state index in [1.54, 1.807) is 0 Å². The molecule has 2 aliphatic carbocycles. The topological polar surface area (TPSA) is 23.8 Å². The van der Waals surface area contributed by atoms with Crippen molar-refractivity contribution in [3.05, 3.63) is 132 Å². The number of allylic oxidation sites excluding steroid dienone is 1. The van der Waals surface area contributed by atoms with Crippen LogP contribution in [0.15, 0.2) is 110 Å². The third kappa shape index (κ3) is 7.37. The van der Waals surface area contributed by atoms with Crippen LogP contribution in [0.25, 0.3) is 22.3 Å². The lowest BCUT2D eigenvalue weighted by atomic mass is 9.76. The molecule has 0 spiro atoms. The largest absolute Gasteiger partial charge is 0.192 e. The van der Waals surface area contributed by atoms with Crippen molar-refractivity contribution in [3.8, 4) is 28.3 Å². The summed E-state index contributed by atoms with van der Waals surface area (Å²) in [6.07, 6.45) is 16.4. The fourth-order valence-electron chi connectivity index (χ4n) is 7.62. The number of aryl methyl sites for hydroxylation is 1. The number of rotatable bonds is 9. The van der Waals surface area contributed by atoms with E-state index in [0.29, 0.717) is 11.5 Å². The van der Waals surface area contributed by atoms with Gasteiger partial charge in [-0.15, -0.1) is 6.58 Å². The fourth-order valence-corrected chi connectivity index (χ4v) is 7.62. The van der Waals surface area contributed by atoms with Crippen LogP contribution in [0.3, 0.4) is 0 Å². The fraction of sp³-hybridized carbons (Fsp3) is 0.357. The molecule has 4 aromatic carbocycles. The number of nitriles is 1. The Bertz CT molecular complexity index is 1490. The second-order valence-electron chi connectivity index (χ2n) is 13.1. The van der Waals surface area contributed by atoms with Gasteiger partial charge in [0.2, 0.25) is 0 Å². The molecule has 0 heterocycles. The summed E-state index contributed by atoms with van der Waals surface area (Å²) in [5, 5.41) is 9.04. The van der Waals surface area contributed by atoms with Gasteiger partial charge in [-0.3, -0.25) is 0 Å². The van der Waals surface area contributed by atoms with Crippen LogP contribution in [0.2, 0.25) is 0 Å². The van der Waals surface area contributed by atoms with Crippen molar-refractivity contribution in [1.29, 1.82) is 5.26 Å². The van der Waals surface area contributed by atoms with E-state index >= 15 is 0 Å². The van der Waals surface area contributed by atoms with Crippen LogP contribution in [-0.4, -0.2) is 0 Å². The summed E-state index contributed by atoms with van der Waals surface area (Å²) < 4.78 is 0. The van der Waals surface area contributed by atoms with Crippen molar-refractivity contribution in [2.24, 2.45) is 11.8 Å². The maximum atomic E-state index is 9.04. The average molecular weight is 564 g/mol. The number of nitrogens with zero attached hydrogens (tertiary/aromatic N) is 1. The van der Waals surface area contributed by atoms with E-state index < -0.39 is 0 Å². The third-order valence-electron chi connectivity index (χ3n) is 10.4. The Balaban J connectivity index is 0.952. The third-order valence-corrected chi connectivity index (χ3v) is 10.4. The van der Waals surface area contributed by atoms with Gasteiger partial charge >= 0.3 is 0 Å². The molecule has 218 valence electrons. The first-order valence-electron chi connectivity index (χ1n) is 16.6. The maximum absolute atomic E-state index is 9.04. The molecule has 2 fully saturated rings. The van der Waals surface area contributed by atoms with Gasteiger partial charge < -0.3 is 0 Å². The lowest BCUT2D eigenvalue weighted by Crippen LogP contribution is -2.14. The van der Waals surface area contributed by atoms with Gasteiger partial charge in [0.25, 0.3) is 0 Å². The number of hydrogen-bond donors (Lipinski definition) is 0. The molecular formula is C42H45N. The monoisotopic (exact) mass is 563 g/mol. The Hall–Kier alpha value is -3.89. The molecule has 0 atom stereocenters. The molecule has 0 saturated heterocycles. The molecule has 2 aliphatic rings. The summed E-state index contributed by atoms with van der Waals surface area (Å²) in [6, 6.07) is 38.0. The van der Waals surface area contributed by atoms with Gasteiger partial charge in [0.05, 0.1) is 11.6 Å². The van der Waals surface area contributed by atoms with Gasteiger partial charge in [0.15, 0.2) is 0 Å². The van der Waals surface area contributed by atoms with E-state index in [0.717, 1.165) is 17.8 Å². The predicted octanol–water partition coefficient (Wildman–Crippen LogP) is 11.6. The predicted molar refractivity (Wildman–Crippen MR) is 181 cm³/mol. The Morgan fingerprint density at radius 3 is 1.42 bits per heavy atom. The molecule has 0 aromatic heterocycles. The number of benzene rings is 4. The quantitative estimate of drug-likeness (QED) is 0.186. The summed E-state index contributed by atoms with van der Waals surface area (Å²) in [7, 11) is 0. The summed E-state index contributed by atoms with van der Waals surface area (Å²) >= 11 is 0. The first-order chi connectivity index (χ1) is 21.2. The molecule has 6 rings (SSSR count). The highest BCUT2D eigenvalue weighted by atomic mass is 14.3. The van der Waals surface area contributed by atoms with Crippen LogP contribution in [0.5, 0.6) is 0 Å². The van der Waals surface area contributed by atoms with Crippen molar-refractivity contribution in [1.82, 2.24) is 0 Å².